The summed E-state index contributed by atoms with van der Waals surface area (Å²) in [6.45, 7) is 0. The number of hydrogen-bond donors (Lipinski definition) is 2. The van der Waals surface area contributed by atoms with Crippen LogP contribution in [0.15, 0.2) is 64.1 Å². The highest BCUT2D eigenvalue weighted by Gasteiger charge is 2.12. The van der Waals surface area contributed by atoms with Gasteiger partial charge in [-0.1, -0.05) is 40.2 Å². The molecule has 0 unspecified atom stereocenters. The van der Waals surface area contributed by atoms with Gasteiger partial charge in [-0.25, -0.2) is 13.6 Å². The molecule has 3 rings (SSSR count). The predicted octanol–water partition coefficient (Wildman–Crippen LogP) is 3.15. The van der Waals surface area contributed by atoms with E-state index in [1.807, 2.05) is 30.5 Å². The minimum absolute atomic E-state index is 0.0805. The molecule has 0 aliphatic heterocycles. The summed E-state index contributed by atoms with van der Waals surface area (Å²) in [7, 11) is -3.69. The molecule has 0 spiro atoms. The Labute approximate surface area is 136 Å². The van der Waals surface area contributed by atoms with Crippen LogP contribution in [-0.2, 0) is 10.0 Å². The normalized spacial score (nSPS) is 11.5. The first-order valence-electron chi connectivity index (χ1n) is 6.38. The fourth-order valence-electron chi connectivity index (χ4n) is 2.16. The third-order valence-electron chi connectivity index (χ3n) is 3.25. The van der Waals surface area contributed by atoms with Gasteiger partial charge >= 0.3 is 0 Å². The van der Waals surface area contributed by atoms with Gasteiger partial charge < -0.3 is 0 Å². The van der Waals surface area contributed by atoms with E-state index in [4.69, 9.17) is 5.14 Å². The SMILES string of the molecule is NS(=O)(=O)c1ccc(-c2n[nH]cc2-c2ccc(Br)cc2)cc1. The average molecular weight is 378 g/mol. The third-order valence-corrected chi connectivity index (χ3v) is 4.71. The van der Waals surface area contributed by atoms with Gasteiger partial charge in [0.2, 0.25) is 10.0 Å². The first-order chi connectivity index (χ1) is 10.4. The molecule has 7 heteroatoms. The molecule has 0 radical (unpaired) electrons. The summed E-state index contributed by atoms with van der Waals surface area (Å²) in [5.41, 5.74) is 3.52. The summed E-state index contributed by atoms with van der Waals surface area (Å²) in [6.07, 6.45) is 1.81. The van der Waals surface area contributed by atoms with Gasteiger partial charge in [0.05, 0.1) is 10.6 Å². The van der Waals surface area contributed by atoms with Crippen LogP contribution >= 0.6 is 15.9 Å². The van der Waals surface area contributed by atoms with Crippen LogP contribution in [0.2, 0.25) is 0 Å². The van der Waals surface area contributed by atoms with E-state index in [2.05, 4.69) is 26.1 Å². The highest BCUT2D eigenvalue weighted by atomic mass is 79.9. The van der Waals surface area contributed by atoms with Crippen LogP contribution in [-0.4, -0.2) is 18.6 Å². The first kappa shape index (κ1) is 15.0. The van der Waals surface area contributed by atoms with Crippen LogP contribution in [0.5, 0.6) is 0 Å². The quantitative estimate of drug-likeness (QED) is 0.734. The molecule has 3 aromatic rings. The Balaban J connectivity index is 2.03. The molecule has 0 saturated heterocycles. The van der Waals surface area contributed by atoms with Crippen molar-refractivity contribution in [1.82, 2.24) is 10.2 Å². The molecule has 1 heterocycles. The fourth-order valence-corrected chi connectivity index (χ4v) is 2.94. The lowest BCUT2D eigenvalue weighted by Crippen LogP contribution is -2.11. The summed E-state index contributed by atoms with van der Waals surface area (Å²) in [4.78, 5) is 0.0805. The average Bonchev–Trinajstić information content (AvgIpc) is 2.97. The van der Waals surface area contributed by atoms with E-state index in [1.54, 1.807) is 12.1 Å². The Morgan fingerprint density at radius 3 is 2.14 bits per heavy atom. The van der Waals surface area contributed by atoms with Crippen molar-refractivity contribution in [2.75, 3.05) is 0 Å². The highest BCUT2D eigenvalue weighted by Crippen LogP contribution is 2.31. The first-order valence-corrected chi connectivity index (χ1v) is 8.72. The number of H-pyrrole nitrogens is 1. The topological polar surface area (TPSA) is 88.8 Å². The van der Waals surface area contributed by atoms with E-state index in [9.17, 15) is 8.42 Å². The van der Waals surface area contributed by atoms with Crippen LogP contribution in [0, 0.1) is 0 Å². The molecule has 22 heavy (non-hydrogen) atoms. The van der Waals surface area contributed by atoms with Crippen molar-refractivity contribution in [3.05, 3.63) is 59.2 Å². The van der Waals surface area contributed by atoms with Crippen molar-refractivity contribution in [1.29, 1.82) is 0 Å². The second-order valence-corrected chi connectivity index (χ2v) is 7.20. The molecule has 0 atom stereocenters. The molecule has 5 nitrogen and oxygen atoms in total. The van der Waals surface area contributed by atoms with Gasteiger partial charge in [0.25, 0.3) is 0 Å². The lowest BCUT2D eigenvalue weighted by Gasteiger charge is -2.04. The maximum Gasteiger partial charge on any atom is 0.238 e. The van der Waals surface area contributed by atoms with Gasteiger partial charge in [-0.05, 0) is 29.8 Å². The summed E-state index contributed by atoms with van der Waals surface area (Å²) in [5, 5.41) is 12.2. The van der Waals surface area contributed by atoms with Crippen molar-refractivity contribution in [3.8, 4) is 22.4 Å². The molecule has 0 bridgehead atoms. The fraction of sp³-hybridized carbons (Fsp3) is 0. The Morgan fingerprint density at radius 1 is 0.955 bits per heavy atom. The van der Waals surface area contributed by atoms with Crippen molar-refractivity contribution in [2.24, 2.45) is 5.14 Å². The summed E-state index contributed by atoms with van der Waals surface area (Å²) in [6, 6.07) is 14.2. The number of benzene rings is 2. The van der Waals surface area contributed by atoms with Crippen LogP contribution in [0.3, 0.4) is 0 Å². The Bertz CT molecular complexity index is 901. The molecular formula is C15H12BrN3O2S. The summed E-state index contributed by atoms with van der Waals surface area (Å²) in [5.74, 6) is 0. The summed E-state index contributed by atoms with van der Waals surface area (Å²) >= 11 is 3.41. The van der Waals surface area contributed by atoms with Crippen molar-refractivity contribution in [2.45, 2.75) is 4.90 Å². The molecule has 1 aromatic heterocycles. The zero-order valence-electron chi connectivity index (χ0n) is 11.3. The van der Waals surface area contributed by atoms with Crippen LogP contribution in [0.1, 0.15) is 0 Å². The smallest absolute Gasteiger partial charge is 0.238 e. The lowest BCUT2D eigenvalue weighted by atomic mass is 10.0. The standard InChI is InChI=1S/C15H12BrN3O2S/c16-12-5-1-10(2-6-12)14-9-18-19-15(14)11-3-7-13(8-4-11)22(17,20)21/h1-9H,(H,18,19)(H2,17,20,21). The monoisotopic (exact) mass is 377 g/mol. The molecule has 0 aliphatic rings. The molecule has 0 amide bonds. The third kappa shape index (κ3) is 2.96. The molecule has 0 saturated carbocycles. The predicted molar refractivity (Wildman–Crippen MR) is 88.5 cm³/mol. The Hall–Kier alpha value is -1.96. The number of rotatable bonds is 3. The van der Waals surface area contributed by atoms with E-state index < -0.39 is 10.0 Å². The van der Waals surface area contributed by atoms with E-state index >= 15 is 0 Å². The number of nitrogens with two attached hydrogens (primary N) is 1. The van der Waals surface area contributed by atoms with Gasteiger partial charge in [-0.3, -0.25) is 5.10 Å². The second-order valence-electron chi connectivity index (χ2n) is 4.72. The van der Waals surface area contributed by atoms with Crippen molar-refractivity contribution < 1.29 is 8.42 Å². The Morgan fingerprint density at radius 2 is 1.55 bits per heavy atom. The number of primary sulfonamides is 1. The summed E-state index contributed by atoms with van der Waals surface area (Å²) < 4.78 is 23.6. The molecule has 0 fully saturated rings. The lowest BCUT2D eigenvalue weighted by molar-refractivity contribution is 0.598. The zero-order chi connectivity index (χ0) is 15.7. The molecule has 2 aromatic carbocycles. The number of aromatic nitrogens is 2. The van der Waals surface area contributed by atoms with E-state index in [0.29, 0.717) is 0 Å². The van der Waals surface area contributed by atoms with Gasteiger partial charge in [0, 0.05) is 21.8 Å². The number of nitrogens with one attached hydrogen (secondary N) is 1. The molecule has 112 valence electrons. The number of aromatic amines is 1. The maximum atomic E-state index is 11.3. The Kier molecular flexibility index (Phi) is 3.86. The molecule has 3 N–H and O–H groups in total. The second kappa shape index (κ2) is 5.68. The van der Waals surface area contributed by atoms with Gasteiger partial charge in [-0.2, -0.15) is 5.10 Å². The highest BCUT2D eigenvalue weighted by molar-refractivity contribution is 9.10. The van der Waals surface area contributed by atoms with E-state index in [0.717, 1.165) is 26.9 Å². The van der Waals surface area contributed by atoms with Crippen LogP contribution in [0.25, 0.3) is 22.4 Å². The van der Waals surface area contributed by atoms with Gasteiger partial charge in [0.15, 0.2) is 0 Å². The zero-order valence-corrected chi connectivity index (χ0v) is 13.7. The van der Waals surface area contributed by atoms with Gasteiger partial charge in [0.1, 0.15) is 0 Å². The van der Waals surface area contributed by atoms with Crippen LogP contribution < -0.4 is 5.14 Å². The largest absolute Gasteiger partial charge is 0.284 e. The maximum absolute atomic E-state index is 11.3. The van der Waals surface area contributed by atoms with Crippen molar-refractivity contribution >= 4 is 26.0 Å². The number of halogens is 1. The number of nitrogens with zero attached hydrogens (tertiary/aromatic N) is 1. The molecule has 0 aliphatic carbocycles. The minimum Gasteiger partial charge on any atom is -0.284 e. The number of sulfonamides is 1. The van der Waals surface area contributed by atoms with E-state index in [-0.39, 0.29) is 4.90 Å². The van der Waals surface area contributed by atoms with E-state index in [1.165, 1.54) is 12.1 Å². The number of hydrogen-bond acceptors (Lipinski definition) is 3. The van der Waals surface area contributed by atoms with Crippen LogP contribution in [0.4, 0.5) is 0 Å². The van der Waals surface area contributed by atoms with Crippen molar-refractivity contribution in [3.63, 3.8) is 0 Å². The minimum atomic E-state index is -3.69. The molecular weight excluding hydrogens is 366 g/mol. The van der Waals surface area contributed by atoms with Gasteiger partial charge in [-0.15, -0.1) is 0 Å².